The minimum absolute atomic E-state index is 0.00729. The Morgan fingerprint density at radius 3 is 2.33 bits per heavy atom. The van der Waals surface area contributed by atoms with Gasteiger partial charge in [0.05, 0.1) is 0 Å². The molecule has 0 unspecified atom stereocenters. The van der Waals surface area contributed by atoms with Crippen LogP contribution in [-0.4, -0.2) is 29.8 Å². The molecule has 24 heavy (non-hydrogen) atoms. The first kappa shape index (κ1) is 17.0. The van der Waals surface area contributed by atoms with Crippen molar-refractivity contribution in [3.8, 4) is 0 Å². The predicted molar refractivity (Wildman–Crippen MR) is 95.9 cm³/mol. The Balaban J connectivity index is 1.61. The Labute approximate surface area is 144 Å². The van der Waals surface area contributed by atoms with E-state index in [1.54, 1.807) is 0 Å². The lowest BCUT2D eigenvalue weighted by Crippen LogP contribution is -2.42. The molecule has 0 spiro atoms. The highest BCUT2D eigenvalue weighted by Crippen LogP contribution is 2.33. The number of benzene rings is 1. The van der Waals surface area contributed by atoms with Gasteiger partial charge in [0.2, 0.25) is 11.8 Å². The summed E-state index contributed by atoms with van der Waals surface area (Å²) in [5.41, 5.74) is 3.26. The summed E-state index contributed by atoms with van der Waals surface area (Å²) in [6.45, 7) is 7.77. The lowest BCUT2D eigenvalue weighted by molar-refractivity contribution is -0.135. The van der Waals surface area contributed by atoms with Gasteiger partial charge in [-0.15, -0.1) is 0 Å². The second-order valence-corrected chi connectivity index (χ2v) is 7.56. The quantitative estimate of drug-likeness (QED) is 0.916. The first-order chi connectivity index (χ1) is 11.5. The van der Waals surface area contributed by atoms with Gasteiger partial charge in [0.15, 0.2) is 0 Å². The summed E-state index contributed by atoms with van der Waals surface area (Å²) >= 11 is 0. The van der Waals surface area contributed by atoms with Gasteiger partial charge in [-0.2, -0.15) is 0 Å². The number of anilines is 1. The maximum absolute atomic E-state index is 12.7. The highest BCUT2D eigenvalue weighted by molar-refractivity contribution is 5.94. The number of para-hydroxylation sites is 1. The van der Waals surface area contributed by atoms with E-state index in [0.29, 0.717) is 11.8 Å². The third kappa shape index (κ3) is 3.63. The number of likely N-dealkylation sites (tertiary alicyclic amines) is 1. The van der Waals surface area contributed by atoms with E-state index < -0.39 is 0 Å². The number of amides is 2. The van der Waals surface area contributed by atoms with Crippen molar-refractivity contribution in [2.24, 2.45) is 11.8 Å². The largest absolute Gasteiger partial charge is 0.342 e. The third-order valence-electron chi connectivity index (χ3n) is 5.28. The van der Waals surface area contributed by atoms with Crippen molar-refractivity contribution < 1.29 is 9.59 Å². The first-order valence-electron chi connectivity index (χ1n) is 9.16. The molecule has 1 saturated heterocycles. The van der Waals surface area contributed by atoms with Crippen molar-refractivity contribution in [3.63, 3.8) is 0 Å². The lowest BCUT2D eigenvalue weighted by Gasteiger charge is -2.31. The van der Waals surface area contributed by atoms with E-state index in [2.05, 4.69) is 25.2 Å². The van der Waals surface area contributed by atoms with E-state index in [1.165, 1.54) is 5.56 Å². The lowest BCUT2D eigenvalue weighted by atomic mass is 9.94. The Hall–Kier alpha value is -1.84. The summed E-state index contributed by atoms with van der Waals surface area (Å²) in [5.74, 6) is 1.06. The third-order valence-corrected chi connectivity index (χ3v) is 5.28. The minimum Gasteiger partial charge on any atom is -0.342 e. The highest BCUT2D eigenvalue weighted by atomic mass is 16.2. The van der Waals surface area contributed by atoms with Crippen LogP contribution < -0.4 is 5.32 Å². The summed E-state index contributed by atoms with van der Waals surface area (Å²) in [5, 5.41) is 3.17. The fraction of sp³-hybridized carbons (Fsp3) is 0.600. The molecule has 3 rings (SSSR count). The highest BCUT2D eigenvalue weighted by Gasteiger charge is 2.36. The maximum atomic E-state index is 12.7. The van der Waals surface area contributed by atoms with Crippen molar-refractivity contribution in [1.29, 1.82) is 0 Å². The summed E-state index contributed by atoms with van der Waals surface area (Å²) in [6, 6.07) is 6.17. The van der Waals surface area contributed by atoms with Gasteiger partial charge in [-0.25, -0.2) is 0 Å². The van der Waals surface area contributed by atoms with Crippen molar-refractivity contribution in [2.75, 3.05) is 18.4 Å². The number of hydrogen-bond acceptors (Lipinski definition) is 2. The zero-order valence-electron chi connectivity index (χ0n) is 15.0. The Bertz CT molecular complexity index is 627. The molecule has 1 N–H and O–H groups in total. The van der Waals surface area contributed by atoms with Gasteiger partial charge in [-0.1, -0.05) is 32.0 Å². The van der Waals surface area contributed by atoms with Gasteiger partial charge in [-0.05, 0) is 49.7 Å². The van der Waals surface area contributed by atoms with Crippen LogP contribution in [0.15, 0.2) is 18.2 Å². The van der Waals surface area contributed by atoms with E-state index in [-0.39, 0.29) is 17.7 Å². The maximum Gasteiger partial charge on any atom is 0.227 e. The summed E-state index contributed by atoms with van der Waals surface area (Å²) < 4.78 is 0. The molecule has 1 heterocycles. The van der Waals surface area contributed by atoms with Crippen LogP contribution in [0.25, 0.3) is 0 Å². The number of nitrogens with zero attached hydrogens (tertiary/aromatic N) is 1. The molecule has 0 bridgehead atoms. The van der Waals surface area contributed by atoms with Crippen molar-refractivity contribution in [2.45, 2.75) is 52.4 Å². The summed E-state index contributed by atoms with van der Waals surface area (Å²) in [4.78, 5) is 26.8. The average Bonchev–Trinajstić information content (AvgIpc) is 3.41. The predicted octanol–water partition coefficient (Wildman–Crippen LogP) is 3.71. The van der Waals surface area contributed by atoms with Crippen LogP contribution in [0.3, 0.4) is 0 Å². The number of carbonyl (C=O) groups is 2. The molecular formula is C20H28N2O2. The smallest absolute Gasteiger partial charge is 0.227 e. The van der Waals surface area contributed by atoms with E-state index in [1.807, 2.05) is 24.0 Å². The van der Waals surface area contributed by atoms with Crippen LogP contribution in [0.1, 0.15) is 56.6 Å². The average molecular weight is 328 g/mol. The molecule has 1 aromatic rings. The molecule has 4 nitrogen and oxygen atoms in total. The molecule has 1 aliphatic carbocycles. The molecule has 1 saturated carbocycles. The van der Waals surface area contributed by atoms with Gasteiger partial charge in [0.1, 0.15) is 0 Å². The van der Waals surface area contributed by atoms with E-state index in [0.717, 1.165) is 50.0 Å². The van der Waals surface area contributed by atoms with Gasteiger partial charge in [0, 0.05) is 30.6 Å². The van der Waals surface area contributed by atoms with Crippen LogP contribution in [0.2, 0.25) is 0 Å². The molecule has 4 heteroatoms. The van der Waals surface area contributed by atoms with E-state index in [9.17, 15) is 9.59 Å². The zero-order valence-corrected chi connectivity index (χ0v) is 15.0. The first-order valence-corrected chi connectivity index (χ1v) is 9.16. The Morgan fingerprint density at radius 2 is 1.75 bits per heavy atom. The van der Waals surface area contributed by atoms with Crippen LogP contribution in [0.4, 0.5) is 5.69 Å². The van der Waals surface area contributed by atoms with Gasteiger partial charge in [-0.3, -0.25) is 9.59 Å². The van der Waals surface area contributed by atoms with Crippen molar-refractivity contribution >= 4 is 17.5 Å². The Morgan fingerprint density at radius 1 is 1.08 bits per heavy atom. The number of piperidine rings is 1. The van der Waals surface area contributed by atoms with Crippen LogP contribution in [0.5, 0.6) is 0 Å². The molecule has 0 radical (unpaired) electrons. The normalized spacial score (nSPS) is 18.8. The van der Waals surface area contributed by atoms with E-state index in [4.69, 9.17) is 0 Å². The number of hydrogen-bond donors (Lipinski definition) is 1. The standard InChI is InChI=1S/C20H28N2O2/c1-13(2)17-6-4-5-14(3)18(17)21-19(23)15-9-11-22(12-10-15)20(24)16-7-8-16/h4-6,13,15-16H,7-12H2,1-3H3,(H,21,23). The van der Waals surface area contributed by atoms with Crippen LogP contribution in [-0.2, 0) is 9.59 Å². The molecule has 0 atom stereocenters. The monoisotopic (exact) mass is 328 g/mol. The van der Waals surface area contributed by atoms with Crippen molar-refractivity contribution in [3.05, 3.63) is 29.3 Å². The second kappa shape index (κ2) is 6.96. The molecule has 1 aromatic carbocycles. The number of aryl methyl sites for hydroxylation is 1. The van der Waals surface area contributed by atoms with E-state index >= 15 is 0 Å². The molecule has 2 aliphatic rings. The SMILES string of the molecule is Cc1cccc(C(C)C)c1NC(=O)C1CCN(C(=O)C2CC2)CC1. The molecule has 1 aliphatic heterocycles. The van der Waals surface area contributed by atoms with Gasteiger partial charge < -0.3 is 10.2 Å². The van der Waals surface area contributed by atoms with Crippen LogP contribution in [0, 0.1) is 18.8 Å². The summed E-state index contributed by atoms with van der Waals surface area (Å²) in [6.07, 6.45) is 3.63. The number of carbonyl (C=O) groups excluding carboxylic acids is 2. The molecule has 2 fully saturated rings. The van der Waals surface area contributed by atoms with Gasteiger partial charge in [0.25, 0.3) is 0 Å². The minimum atomic E-state index is 0.00729. The number of rotatable bonds is 4. The Kier molecular flexibility index (Phi) is 4.93. The van der Waals surface area contributed by atoms with Crippen LogP contribution >= 0.6 is 0 Å². The fourth-order valence-electron chi connectivity index (χ4n) is 3.52. The fourth-order valence-corrected chi connectivity index (χ4v) is 3.52. The van der Waals surface area contributed by atoms with Gasteiger partial charge >= 0.3 is 0 Å². The summed E-state index contributed by atoms with van der Waals surface area (Å²) in [7, 11) is 0. The molecule has 2 amide bonds. The molecule has 0 aromatic heterocycles. The second-order valence-electron chi connectivity index (χ2n) is 7.56. The van der Waals surface area contributed by atoms with Crippen molar-refractivity contribution in [1.82, 2.24) is 4.90 Å². The topological polar surface area (TPSA) is 49.4 Å². The molecular weight excluding hydrogens is 300 g/mol. The molecule has 130 valence electrons. The number of nitrogens with one attached hydrogen (secondary N) is 1. The zero-order chi connectivity index (χ0) is 17.3.